The molecule has 0 spiro atoms. The summed E-state index contributed by atoms with van der Waals surface area (Å²) in [5, 5.41) is 0. The highest BCUT2D eigenvalue weighted by Gasteiger charge is 2.28. The van der Waals surface area contributed by atoms with Crippen molar-refractivity contribution in [1.29, 1.82) is 0 Å². The van der Waals surface area contributed by atoms with Gasteiger partial charge in [-0.2, -0.15) is 0 Å². The van der Waals surface area contributed by atoms with E-state index >= 15 is 0 Å². The van der Waals surface area contributed by atoms with E-state index in [1.807, 2.05) is 13.8 Å². The first-order chi connectivity index (χ1) is 9.50. The maximum atomic E-state index is 12.6. The molecule has 0 amide bonds. The molecule has 2 rings (SSSR count). The summed E-state index contributed by atoms with van der Waals surface area (Å²) in [7, 11) is 0. The molecule has 0 saturated carbocycles. The number of Topliss-reactive ketones (excluding diaryl/α,β-unsaturated/α-hetero) is 2. The highest BCUT2D eigenvalue weighted by atomic mass is 16.5. The van der Waals surface area contributed by atoms with Crippen molar-refractivity contribution in [2.24, 2.45) is 0 Å². The molecule has 108 valence electrons. The Kier molecular flexibility index (Phi) is 4.68. The molecule has 0 radical (unpaired) electrons. The molecule has 0 bridgehead atoms. The van der Waals surface area contributed by atoms with Crippen LogP contribution in [-0.4, -0.2) is 48.3 Å². The van der Waals surface area contributed by atoms with Crippen molar-refractivity contribution < 1.29 is 14.3 Å². The van der Waals surface area contributed by atoms with Crippen LogP contribution in [0.15, 0.2) is 24.3 Å². The average molecular weight is 275 g/mol. The van der Waals surface area contributed by atoms with Crippen LogP contribution < -0.4 is 0 Å². The van der Waals surface area contributed by atoms with Crippen LogP contribution in [0.4, 0.5) is 0 Å². The molecule has 0 aromatic heterocycles. The lowest BCUT2D eigenvalue weighted by molar-refractivity contribution is -0.0277. The van der Waals surface area contributed by atoms with Crippen LogP contribution in [0.2, 0.25) is 0 Å². The van der Waals surface area contributed by atoms with E-state index in [2.05, 4.69) is 4.90 Å². The molecule has 0 N–H and O–H groups in total. The van der Waals surface area contributed by atoms with Gasteiger partial charge in [0.1, 0.15) is 0 Å². The number of rotatable bonds is 4. The van der Waals surface area contributed by atoms with Crippen LogP contribution >= 0.6 is 0 Å². The Labute approximate surface area is 119 Å². The second kappa shape index (κ2) is 6.29. The molecule has 2 atom stereocenters. The quantitative estimate of drug-likeness (QED) is 0.790. The fourth-order valence-corrected chi connectivity index (χ4v) is 2.59. The van der Waals surface area contributed by atoms with E-state index < -0.39 is 0 Å². The lowest BCUT2D eigenvalue weighted by Crippen LogP contribution is -2.48. The van der Waals surface area contributed by atoms with E-state index in [0.717, 1.165) is 13.1 Å². The second-order valence-corrected chi connectivity index (χ2v) is 5.32. The number of morpholine rings is 1. The number of nitrogens with zero attached hydrogens (tertiary/aromatic N) is 1. The summed E-state index contributed by atoms with van der Waals surface area (Å²) in [6, 6.07) is 6.80. The predicted molar refractivity (Wildman–Crippen MR) is 77.2 cm³/mol. The summed E-state index contributed by atoms with van der Waals surface area (Å²) in [6.45, 7) is 7.54. The molecule has 2 unspecified atom stereocenters. The van der Waals surface area contributed by atoms with Gasteiger partial charge < -0.3 is 4.74 Å². The summed E-state index contributed by atoms with van der Waals surface area (Å²) in [5.74, 6) is -0.0682. The van der Waals surface area contributed by atoms with Crippen molar-refractivity contribution in [3.05, 3.63) is 35.4 Å². The normalized spacial score (nSPS) is 21.4. The first kappa shape index (κ1) is 14.9. The minimum absolute atomic E-state index is 0.00454. The minimum Gasteiger partial charge on any atom is -0.376 e. The standard InChI is InChI=1S/C16H21NO3/c1-11-10-17(8-9-20-11)12(2)16(19)15-7-5-4-6-14(15)13(3)18/h4-7,11-12H,8-10H2,1-3H3. The lowest BCUT2D eigenvalue weighted by atomic mass is 9.96. The van der Waals surface area contributed by atoms with Gasteiger partial charge in [-0.05, 0) is 20.8 Å². The molecule has 1 fully saturated rings. The van der Waals surface area contributed by atoms with Gasteiger partial charge in [0.2, 0.25) is 0 Å². The zero-order valence-corrected chi connectivity index (χ0v) is 12.3. The van der Waals surface area contributed by atoms with Gasteiger partial charge in [0.05, 0.1) is 18.8 Å². The molecule has 1 aromatic rings. The zero-order chi connectivity index (χ0) is 14.7. The van der Waals surface area contributed by atoms with Gasteiger partial charge in [-0.15, -0.1) is 0 Å². The number of carbonyl (C=O) groups excluding carboxylic acids is 2. The minimum atomic E-state index is -0.234. The van der Waals surface area contributed by atoms with Crippen molar-refractivity contribution in [3.63, 3.8) is 0 Å². The number of ether oxygens (including phenoxy) is 1. The number of carbonyl (C=O) groups is 2. The van der Waals surface area contributed by atoms with Gasteiger partial charge >= 0.3 is 0 Å². The Bertz CT molecular complexity index is 512. The Balaban J connectivity index is 2.20. The summed E-state index contributed by atoms with van der Waals surface area (Å²) >= 11 is 0. The average Bonchev–Trinajstić information content (AvgIpc) is 2.45. The first-order valence-electron chi connectivity index (χ1n) is 7.00. The van der Waals surface area contributed by atoms with E-state index in [4.69, 9.17) is 4.74 Å². The molecule has 4 heteroatoms. The van der Waals surface area contributed by atoms with E-state index in [1.165, 1.54) is 6.92 Å². The smallest absolute Gasteiger partial charge is 0.180 e. The predicted octanol–water partition coefficient (Wildman–Crippen LogP) is 2.18. The summed E-state index contributed by atoms with van der Waals surface area (Å²) < 4.78 is 5.50. The highest BCUT2D eigenvalue weighted by molar-refractivity contribution is 6.09. The Morgan fingerprint density at radius 3 is 2.55 bits per heavy atom. The van der Waals surface area contributed by atoms with E-state index in [9.17, 15) is 9.59 Å². The van der Waals surface area contributed by atoms with Crippen LogP contribution in [0.25, 0.3) is 0 Å². The van der Waals surface area contributed by atoms with E-state index in [-0.39, 0.29) is 23.7 Å². The number of benzene rings is 1. The summed E-state index contributed by atoms with van der Waals surface area (Å²) in [5.41, 5.74) is 1.03. The molecule has 0 aliphatic carbocycles. The van der Waals surface area contributed by atoms with Crippen molar-refractivity contribution >= 4 is 11.6 Å². The Morgan fingerprint density at radius 2 is 1.95 bits per heavy atom. The molecular weight excluding hydrogens is 254 g/mol. The molecular formula is C16H21NO3. The molecule has 4 nitrogen and oxygen atoms in total. The fourth-order valence-electron chi connectivity index (χ4n) is 2.59. The van der Waals surface area contributed by atoms with Gasteiger partial charge in [0.25, 0.3) is 0 Å². The maximum absolute atomic E-state index is 12.6. The van der Waals surface area contributed by atoms with Crippen LogP contribution in [0, 0.1) is 0 Å². The number of hydrogen-bond acceptors (Lipinski definition) is 4. The SMILES string of the molecule is CC(=O)c1ccccc1C(=O)C(C)N1CCOC(C)C1. The van der Waals surface area contributed by atoms with Crippen LogP contribution in [0.5, 0.6) is 0 Å². The Morgan fingerprint density at radius 1 is 1.30 bits per heavy atom. The second-order valence-electron chi connectivity index (χ2n) is 5.32. The third kappa shape index (κ3) is 3.14. The monoisotopic (exact) mass is 275 g/mol. The molecule has 1 aliphatic rings. The van der Waals surface area contributed by atoms with Gasteiger partial charge in [0.15, 0.2) is 11.6 Å². The van der Waals surface area contributed by atoms with Gasteiger partial charge in [-0.25, -0.2) is 0 Å². The first-order valence-corrected chi connectivity index (χ1v) is 7.00. The number of hydrogen-bond donors (Lipinski definition) is 0. The van der Waals surface area contributed by atoms with Crippen LogP contribution in [-0.2, 0) is 4.74 Å². The summed E-state index contributed by atoms with van der Waals surface area (Å²) in [6.07, 6.45) is 0.141. The van der Waals surface area contributed by atoms with Gasteiger partial charge in [-0.1, -0.05) is 24.3 Å². The van der Waals surface area contributed by atoms with Crippen molar-refractivity contribution in [3.8, 4) is 0 Å². The molecule has 1 aliphatic heterocycles. The third-order valence-corrected chi connectivity index (χ3v) is 3.77. The van der Waals surface area contributed by atoms with Gasteiger partial charge in [0, 0.05) is 24.2 Å². The zero-order valence-electron chi connectivity index (χ0n) is 12.3. The topological polar surface area (TPSA) is 46.6 Å². The summed E-state index contributed by atoms with van der Waals surface area (Å²) in [4.78, 5) is 26.4. The molecule has 1 saturated heterocycles. The van der Waals surface area contributed by atoms with Crippen molar-refractivity contribution in [1.82, 2.24) is 4.90 Å². The van der Waals surface area contributed by atoms with E-state index in [1.54, 1.807) is 24.3 Å². The fraction of sp³-hybridized carbons (Fsp3) is 0.500. The maximum Gasteiger partial charge on any atom is 0.180 e. The highest BCUT2D eigenvalue weighted by Crippen LogP contribution is 2.17. The van der Waals surface area contributed by atoms with Crippen molar-refractivity contribution in [2.75, 3.05) is 19.7 Å². The number of ketones is 2. The lowest BCUT2D eigenvalue weighted by Gasteiger charge is -2.35. The van der Waals surface area contributed by atoms with Gasteiger partial charge in [-0.3, -0.25) is 14.5 Å². The largest absolute Gasteiger partial charge is 0.376 e. The molecule has 1 heterocycles. The Hall–Kier alpha value is -1.52. The molecule has 1 aromatic carbocycles. The third-order valence-electron chi connectivity index (χ3n) is 3.77. The van der Waals surface area contributed by atoms with Crippen molar-refractivity contribution in [2.45, 2.75) is 32.9 Å². The van der Waals surface area contributed by atoms with Crippen LogP contribution in [0.3, 0.4) is 0 Å². The van der Waals surface area contributed by atoms with E-state index in [0.29, 0.717) is 17.7 Å². The molecule has 20 heavy (non-hydrogen) atoms. The van der Waals surface area contributed by atoms with Crippen LogP contribution in [0.1, 0.15) is 41.5 Å².